The molecule has 5 nitrogen and oxygen atoms in total. The second-order valence-electron chi connectivity index (χ2n) is 4.21. The minimum Gasteiger partial charge on any atom is -0.734 e. The summed E-state index contributed by atoms with van der Waals surface area (Å²) >= 11 is 0. The molecule has 104 valence electrons. The Morgan fingerprint density at radius 3 is 1.83 bits per heavy atom. The van der Waals surface area contributed by atoms with E-state index in [2.05, 4.69) is 11.8 Å². The quantitative estimate of drug-likeness (QED) is 0.227. The molecule has 1 N–H and O–H groups in total. The van der Waals surface area contributed by atoms with E-state index in [0.29, 0.717) is 0 Å². The molecule has 0 aliphatic rings. The van der Waals surface area contributed by atoms with E-state index in [-0.39, 0.29) is 36.2 Å². The molecular formula is C11H24NNaO4S. The minimum absolute atomic E-state index is 0. The summed E-state index contributed by atoms with van der Waals surface area (Å²) in [6.07, 6.45) is 10.6. The molecule has 0 aromatic carbocycles. The molecule has 18 heavy (non-hydrogen) atoms. The maximum Gasteiger partial charge on any atom is 1.00 e. The molecular weight excluding hydrogens is 265 g/mol. The van der Waals surface area contributed by atoms with E-state index in [1.165, 1.54) is 43.4 Å². The van der Waals surface area contributed by atoms with Gasteiger partial charge in [0.1, 0.15) is 0 Å². The van der Waals surface area contributed by atoms with Crippen molar-refractivity contribution < 1.29 is 47.4 Å². The SMILES string of the molecule is CCCCCCCCCCCONS(=O)(=O)[O-].[Na+]. The van der Waals surface area contributed by atoms with Crippen LogP contribution in [0.15, 0.2) is 0 Å². The molecule has 0 saturated carbocycles. The first-order chi connectivity index (χ1) is 8.06. The topological polar surface area (TPSA) is 78.5 Å². The standard InChI is InChI=1S/C11H25NO4S.Na/c1-2-3-4-5-6-7-8-9-10-11-16-12-17(13,14)15;/h12H,2-11H2,1H3,(H,13,14,15);/q;+1/p-1. The van der Waals surface area contributed by atoms with Crippen LogP contribution in [0.4, 0.5) is 0 Å². The first-order valence-corrected chi connectivity index (χ1v) is 7.81. The Bertz CT molecular complexity index is 260. The minimum atomic E-state index is -4.46. The molecule has 0 aromatic rings. The summed E-state index contributed by atoms with van der Waals surface area (Å²) < 4.78 is 30.3. The zero-order valence-corrected chi connectivity index (χ0v) is 14.4. The Morgan fingerprint density at radius 2 is 1.39 bits per heavy atom. The van der Waals surface area contributed by atoms with Crippen LogP contribution in [0.5, 0.6) is 0 Å². The molecule has 0 rings (SSSR count). The predicted molar refractivity (Wildman–Crippen MR) is 66.0 cm³/mol. The second-order valence-corrected chi connectivity index (χ2v) is 5.29. The van der Waals surface area contributed by atoms with Crippen LogP contribution in [0, 0.1) is 0 Å². The molecule has 0 aromatic heterocycles. The van der Waals surface area contributed by atoms with Gasteiger partial charge in [-0.05, 0) is 6.42 Å². The number of hydrogen-bond donors (Lipinski definition) is 1. The summed E-state index contributed by atoms with van der Waals surface area (Å²) in [4.78, 5) is 5.97. The van der Waals surface area contributed by atoms with Crippen LogP contribution >= 0.6 is 0 Å². The summed E-state index contributed by atoms with van der Waals surface area (Å²) in [5.41, 5.74) is 0. The predicted octanol–water partition coefficient (Wildman–Crippen LogP) is -0.497. The monoisotopic (exact) mass is 289 g/mol. The summed E-state index contributed by atoms with van der Waals surface area (Å²) in [5.74, 6) is 0. The van der Waals surface area contributed by atoms with Crippen molar-refractivity contribution >= 4 is 10.3 Å². The third-order valence-electron chi connectivity index (χ3n) is 2.51. The smallest absolute Gasteiger partial charge is 0.734 e. The van der Waals surface area contributed by atoms with Gasteiger partial charge in [-0.15, -0.1) is 4.89 Å². The van der Waals surface area contributed by atoms with E-state index < -0.39 is 10.3 Å². The van der Waals surface area contributed by atoms with Crippen molar-refractivity contribution in [2.75, 3.05) is 6.61 Å². The van der Waals surface area contributed by atoms with E-state index in [0.717, 1.165) is 19.3 Å². The van der Waals surface area contributed by atoms with Crippen LogP contribution in [-0.4, -0.2) is 19.6 Å². The fourth-order valence-corrected chi connectivity index (χ4v) is 1.83. The normalized spacial score (nSPS) is 11.2. The van der Waals surface area contributed by atoms with E-state index in [9.17, 15) is 13.0 Å². The van der Waals surface area contributed by atoms with Gasteiger partial charge < -0.3 is 4.55 Å². The van der Waals surface area contributed by atoms with Crippen LogP contribution in [-0.2, 0) is 15.1 Å². The number of unbranched alkanes of at least 4 members (excludes halogenated alkanes) is 8. The van der Waals surface area contributed by atoms with Gasteiger partial charge in [-0.3, -0.25) is 4.84 Å². The fraction of sp³-hybridized carbons (Fsp3) is 1.00. The molecule has 0 atom stereocenters. The van der Waals surface area contributed by atoms with Crippen molar-refractivity contribution in [2.24, 2.45) is 0 Å². The van der Waals surface area contributed by atoms with Crippen LogP contribution in [0.1, 0.15) is 64.7 Å². The number of rotatable bonds is 12. The fourth-order valence-electron chi connectivity index (χ4n) is 1.60. The molecule has 0 heterocycles. The zero-order valence-electron chi connectivity index (χ0n) is 11.6. The molecule has 0 bridgehead atoms. The second kappa shape index (κ2) is 14.2. The summed E-state index contributed by atoms with van der Waals surface area (Å²) in [6, 6.07) is 0. The van der Waals surface area contributed by atoms with Crippen LogP contribution in [0.2, 0.25) is 0 Å². The Balaban J connectivity index is 0. The van der Waals surface area contributed by atoms with Gasteiger partial charge in [0, 0.05) is 0 Å². The van der Waals surface area contributed by atoms with Crippen molar-refractivity contribution in [3.05, 3.63) is 0 Å². The van der Waals surface area contributed by atoms with Gasteiger partial charge in [-0.25, -0.2) is 8.42 Å². The Kier molecular flexibility index (Phi) is 16.7. The van der Waals surface area contributed by atoms with Gasteiger partial charge in [0.2, 0.25) is 0 Å². The van der Waals surface area contributed by atoms with Gasteiger partial charge in [0.25, 0.3) is 0 Å². The summed E-state index contributed by atoms with van der Waals surface area (Å²) in [7, 11) is -4.46. The van der Waals surface area contributed by atoms with Crippen LogP contribution in [0.3, 0.4) is 0 Å². The first-order valence-electron chi connectivity index (χ1n) is 6.40. The van der Waals surface area contributed by atoms with Crippen molar-refractivity contribution in [2.45, 2.75) is 64.7 Å². The third-order valence-corrected chi connectivity index (χ3v) is 2.83. The molecule has 0 unspecified atom stereocenters. The van der Waals surface area contributed by atoms with Gasteiger partial charge in [-0.2, -0.15) is 0 Å². The maximum absolute atomic E-state index is 10.1. The van der Waals surface area contributed by atoms with Gasteiger partial charge in [-0.1, -0.05) is 58.3 Å². The molecule has 0 aliphatic heterocycles. The summed E-state index contributed by atoms with van der Waals surface area (Å²) in [6.45, 7) is 2.47. The van der Waals surface area contributed by atoms with Crippen molar-refractivity contribution in [1.29, 1.82) is 0 Å². The largest absolute Gasteiger partial charge is 1.00 e. The Morgan fingerprint density at radius 1 is 0.944 bits per heavy atom. The average molecular weight is 289 g/mol. The molecule has 0 aliphatic carbocycles. The van der Waals surface area contributed by atoms with Crippen molar-refractivity contribution in [3.8, 4) is 0 Å². The molecule has 0 amide bonds. The zero-order chi connectivity index (χ0) is 13.0. The van der Waals surface area contributed by atoms with Crippen molar-refractivity contribution in [3.63, 3.8) is 0 Å². The van der Waals surface area contributed by atoms with E-state index in [1.54, 1.807) is 0 Å². The molecule has 7 heteroatoms. The van der Waals surface area contributed by atoms with E-state index >= 15 is 0 Å². The first kappa shape index (κ1) is 21.1. The Labute approximate surface area is 133 Å². The van der Waals surface area contributed by atoms with Gasteiger partial charge >= 0.3 is 29.6 Å². The van der Waals surface area contributed by atoms with E-state index in [4.69, 9.17) is 0 Å². The summed E-state index contributed by atoms with van der Waals surface area (Å²) in [5, 5.41) is 0. The Hall–Kier alpha value is 0.830. The molecule has 0 saturated heterocycles. The third kappa shape index (κ3) is 19.2. The van der Waals surface area contributed by atoms with Crippen LogP contribution in [0.25, 0.3) is 0 Å². The molecule has 0 spiro atoms. The van der Waals surface area contributed by atoms with Gasteiger partial charge in [0.15, 0.2) is 10.3 Å². The molecule has 0 fully saturated rings. The number of nitrogens with one attached hydrogen (secondary N) is 1. The van der Waals surface area contributed by atoms with E-state index in [1.807, 2.05) is 0 Å². The number of hydrogen-bond acceptors (Lipinski definition) is 4. The average Bonchev–Trinajstić information content (AvgIpc) is 2.24. The maximum atomic E-state index is 10.1. The van der Waals surface area contributed by atoms with Gasteiger partial charge in [0.05, 0.1) is 6.61 Å². The van der Waals surface area contributed by atoms with Crippen LogP contribution < -0.4 is 34.4 Å². The van der Waals surface area contributed by atoms with Crippen molar-refractivity contribution in [1.82, 2.24) is 4.89 Å². The molecule has 0 radical (unpaired) electrons.